The maximum atomic E-state index is 13.2. The zero-order chi connectivity index (χ0) is 23.3. The lowest BCUT2D eigenvalue weighted by Gasteiger charge is -2.10. The van der Waals surface area contributed by atoms with Gasteiger partial charge in [0.2, 0.25) is 5.91 Å². The summed E-state index contributed by atoms with van der Waals surface area (Å²) in [6.45, 7) is 5.67. The zero-order valence-electron chi connectivity index (χ0n) is 18.0. The van der Waals surface area contributed by atoms with Gasteiger partial charge in [0.25, 0.3) is 5.91 Å². The maximum absolute atomic E-state index is 13.2. The fourth-order valence-electron chi connectivity index (χ4n) is 3.25. The lowest BCUT2D eigenvalue weighted by Crippen LogP contribution is -2.42. The summed E-state index contributed by atoms with van der Waals surface area (Å²) in [4.78, 5) is 24.7. The van der Waals surface area contributed by atoms with Crippen LogP contribution in [-0.2, 0) is 4.79 Å². The van der Waals surface area contributed by atoms with Crippen LogP contribution in [0.1, 0.15) is 40.2 Å². The molecule has 0 bridgehead atoms. The Bertz CT molecular complexity index is 1130. The molecule has 0 atom stereocenters. The van der Waals surface area contributed by atoms with E-state index in [9.17, 15) is 14.0 Å². The fraction of sp³-hybridized carbons (Fsp3) is 0.261. The van der Waals surface area contributed by atoms with Crippen LogP contribution >= 0.6 is 11.6 Å². The Morgan fingerprint density at radius 2 is 1.81 bits per heavy atom. The Morgan fingerprint density at radius 3 is 2.50 bits per heavy atom. The van der Waals surface area contributed by atoms with Crippen LogP contribution in [0.4, 0.5) is 4.39 Å². The monoisotopic (exact) mass is 458 g/mol. The van der Waals surface area contributed by atoms with Crippen molar-refractivity contribution in [1.29, 1.82) is 0 Å². The van der Waals surface area contributed by atoms with E-state index in [-0.39, 0.29) is 18.1 Å². The number of amides is 2. The number of halogens is 2. The second kappa shape index (κ2) is 10.3. The average molecular weight is 459 g/mol. The quantitative estimate of drug-likeness (QED) is 0.410. The third kappa shape index (κ3) is 5.64. The molecule has 9 heteroatoms. The fourth-order valence-corrected chi connectivity index (χ4v) is 3.47. The van der Waals surface area contributed by atoms with Crippen molar-refractivity contribution in [3.05, 3.63) is 75.8 Å². The van der Waals surface area contributed by atoms with E-state index in [0.717, 1.165) is 5.56 Å². The molecule has 0 aliphatic carbocycles. The smallest absolute Gasteiger partial charge is 0.273 e. The van der Waals surface area contributed by atoms with E-state index in [4.69, 9.17) is 16.3 Å². The van der Waals surface area contributed by atoms with Crippen molar-refractivity contribution in [3.8, 4) is 11.4 Å². The zero-order valence-corrected chi connectivity index (χ0v) is 18.8. The lowest BCUT2D eigenvalue weighted by atomic mass is 10.2. The Morgan fingerprint density at radius 1 is 1.09 bits per heavy atom. The Labute approximate surface area is 190 Å². The van der Waals surface area contributed by atoms with Gasteiger partial charge in [0.1, 0.15) is 11.6 Å². The van der Waals surface area contributed by atoms with Crippen LogP contribution in [0.5, 0.6) is 5.75 Å². The molecule has 1 heterocycles. The van der Waals surface area contributed by atoms with E-state index in [1.54, 1.807) is 48.9 Å². The molecule has 168 valence electrons. The van der Waals surface area contributed by atoms with E-state index in [1.807, 2.05) is 6.92 Å². The molecule has 0 spiro atoms. The first-order chi connectivity index (χ1) is 15.3. The largest absolute Gasteiger partial charge is 0.493 e. The number of carbonyl (C=O) groups is 2. The van der Waals surface area contributed by atoms with Gasteiger partial charge in [0.15, 0.2) is 0 Å². The van der Waals surface area contributed by atoms with E-state index in [0.29, 0.717) is 46.4 Å². The second-order valence-electron chi connectivity index (χ2n) is 7.30. The Kier molecular flexibility index (Phi) is 7.48. The summed E-state index contributed by atoms with van der Waals surface area (Å²) in [7, 11) is 0. The van der Waals surface area contributed by atoms with Crippen LogP contribution in [0, 0.1) is 26.6 Å². The van der Waals surface area contributed by atoms with Crippen molar-refractivity contribution in [1.82, 2.24) is 20.6 Å². The molecule has 0 unspecified atom stereocenters. The molecule has 3 rings (SSSR count). The number of hydrogen-bond donors (Lipinski definition) is 2. The van der Waals surface area contributed by atoms with Crippen molar-refractivity contribution >= 4 is 23.4 Å². The average Bonchev–Trinajstić information content (AvgIpc) is 3.05. The van der Waals surface area contributed by atoms with Crippen molar-refractivity contribution in [2.75, 3.05) is 6.61 Å². The highest BCUT2D eigenvalue weighted by Crippen LogP contribution is 2.22. The summed E-state index contributed by atoms with van der Waals surface area (Å²) in [5, 5.41) is 4.99. The molecule has 0 aliphatic heterocycles. The molecule has 0 fully saturated rings. The number of carbonyl (C=O) groups excluding carboxylic acids is 2. The second-order valence-corrected chi connectivity index (χ2v) is 7.73. The van der Waals surface area contributed by atoms with Gasteiger partial charge in [-0.15, -0.1) is 0 Å². The normalized spacial score (nSPS) is 10.7. The summed E-state index contributed by atoms with van der Waals surface area (Å²) in [5.74, 6) is -0.456. The minimum atomic E-state index is -0.477. The highest BCUT2D eigenvalue weighted by atomic mass is 35.5. The molecule has 2 amide bonds. The van der Waals surface area contributed by atoms with Gasteiger partial charge in [-0.2, -0.15) is 5.10 Å². The lowest BCUT2D eigenvalue weighted by molar-refractivity contribution is -0.122. The highest BCUT2D eigenvalue weighted by molar-refractivity contribution is 6.30. The van der Waals surface area contributed by atoms with Gasteiger partial charge in [-0.05, 0) is 75.2 Å². The Hall–Kier alpha value is -3.39. The van der Waals surface area contributed by atoms with Crippen LogP contribution in [0.25, 0.3) is 5.69 Å². The van der Waals surface area contributed by atoms with E-state index < -0.39 is 5.91 Å². The van der Waals surface area contributed by atoms with Crippen LogP contribution in [0.3, 0.4) is 0 Å². The van der Waals surface area contributed by atoms with Crippen LogP contribution in [0.15, 0.2) is 42.5 Å². The van der Waals surface area contributed by atoms with E-state index in [2.05, 4.69) is 16.0 Å². The molecule has 0 aliphatic rings. The summed E-state index contributed by atoms with van der Waals surface area (Å²) in [6.07, 6.45) is 0.657. The number of aryl methyl sites for hydroxylation is 2. The maximum Gasteiger partial charge on any atom is 0.273 e. The summed E-state index contributed by atoms with van der Waals surface area (Å²) in [6, 6.07) is 11.1. The number of rotatable bonds is 7. The molecule has 2 N–H and O–H groups in total. The number of nitrogens with one attached hydrogen (secondary N) is 2. The standard InChI is InChI=1S/C23H24ClFN4O3/c1-14-13-17(24)6-11-20(14)32-12-4-5-21(30)26-27-23(31)22-15(2)28-29(16(22)3)19-9-7-18(25)8-10-19/h6-11,13H,4-5,12H2,1-3H3,(H,26,30)(H,27,31). The topological polar surface area (TPSA) is 85.2 Å². The highest BCUT2D eigenvalue weighted by Gasteiger charge is 2.20. The number of hydrazine groups is 1. The molecule has 7 nitrogen and oxygen atoms in total. The van der Waals surface area contributed by atoms with Crippen LogP contribution in [-0.4, -0.2) is 28.2 Å². The SMILES string of the molecule is Cc1cc(Cl)ccc1OCCCC(=O)NNC(=O)c1c(C)nn(-c2ccc(F)cc2)c1C. The number of nitrogens with zero attached hydrogens (tertiary/aromatic N) is 2. The molecular weight excluding hydrogens is 435 g/mol. The molecule has 1 aromatic heterocycles. The van der Waals surface area contributed by atoms with Crippen molar-refractivity contribution in [3.63, 3.8) is 0 Å². The molecule has 0 radical (unpaired) electrons. The molecule has 0 saturated carbocycles. The molecule has 0 saturated heterocycles. The van der Waals surface area contributed by atoms with E-state index in [1.165, 1.54) is 12.1 Å². The van der Waals surface area contributed by atoms with Gasteiger partial charge in [-0.25, -0.2) is 9.07 Å². The molecule has 3 aromatic rings. The predicted molar refractivity (Wildman–Crippen MR) is 120 cm³/mol. The number of benzene rings is 2. The molecule has 32 heavy (non-hydrogen) atoms. The minimum Gasteiger partial charge on any atom is -0.493 e. The number of aromatic nitrogens is 2. The first kappa shape index (κ1) is 23.3. The van der Waals surface area contributed by atoms with Crippen molar-refractivity contribution in [2.24, 2.45) is 0 Å². The van der Waals surface area contributed by atoms with Crippen LogP contribution < -0.4 is 15.6 Å². The van der Waals surface area contributed by atoms with Gasteiger partial charge < -0.3 is 4.74 Å². The van der Waals surface area contributed by atoms with Crippen molar-refractivity contribution < 1.29 is 18.7 Å². The van der Waals surface area contributed by atoms with Gasteiger partial charge in [-0.3, -0.25) is 20.4 Å². The molecular formula is C23H24ClFN4O3. The Balaban J connectivity index is 1.50. The summed E-state index contributed by atoms with van der Waals surface area (Å²) in [5.41, 5.74) is 7.79. The third-order valence-electron chi connectivity index (χ3n) is 4.85. The van der Waals surface area contributed by atoms with Crippen LogP contribution in [0.2, 0.25) is 5.02 Å². The summed E-state index contributed by atoms with van der Waals surface area (Å²) < 4.78 is 20.4. The predicted octanol–water partition coefficient (Wildman–Crippen LogP) is 4.21. The number of ether oxygens (including phenoxy) is 1. The number of hydrogen-bond acceptors (Lipinski definition) is 4. The summed E-state index contributed by atoms with van der Waals surface area (Å²) >= 11 is 5.92. The van der Waals surface area contributed by atoms with Gasteiger partial charge in [0.05, 0.1) is 29.2 Å². The van der Waals surface area contributed by atoms with Crippen molar-refractivity contribution in [2.45, 2.75) is 33.6 Å². The van der Waals surface area contributed by atoms with E-state index >= 15 is 0 Å². The van der Waals surface area contributed by atoms with Gasteiger partial charge in [-0.1, -0.05) is 11.6 Å². The first-order valence-electron chi connectivity index (χ1n) is 10.1. The van der Waals surface area contributed by atoms with Gasteiger partial charge >= 0.3 is 0 Å². The first-order valence-corrected chi connectivity index (χ1v) is 10.4. The molecule has 2 aromatic carbocycles. The van der Waals surface area contributed by atoms with Gasteiger partial charge in [0, 0.05) is 11.4 Å². The minimum absolute atomic E-state index is 0.180. The third-order valence-corrected chi connectivity index (χ3v) is 5.08.